The summed E-state index contributed by atoms with van der Waals surface area (Å²) in [4.78, 5) is 18.5. The van der Waals surface area contributed by atoms with Gasteiger partial charge in [-0.1, -0.05) is 17.7 Å². The van der Waals surface area contributed by atoms with Crippen LogP contribution in [0.15, 0.2) is 36.5 Å². The van der Waals surface area contributed by atoms with Crippen molar-refractivity contribution in [3.8, 4) is 6.07 Å². The third-order valence-electron chi connectivity index (χ3n) is 3.71. The maximum atomic E-state index is 12.6. The Morgan fingerprint density at radius 2 is 2.19 bits per heavy atom. The van der Waals surface area contributed by atoms with Gasteiger partial charge in [-0.2, -0.15) is 5.26 Å². The number of pyridine rings is 1. The fraction of sp³-hybridized carbons (Fsp3) is 0.235. The molecule has 0 radical (unpaired) electrons. The predicted octanol–water partition coefficient (Wildman–Crippen LogP) is 2.85. The van der Waals surface area contributed by atoms with Gasteiger partial charge in [0.2, 0.25) is 0 Å². The molecule has 0 unspecified atom stereocenters. The van der Waals surface area contributed by atoms with Gasteiger partial charge in [-0.15, -0.1) is 0 Å². The minimum absolute atomic E-state index is 0.107. The second-order valence-electron chi connectivity index (χ2n) is 5.24. The summed E-state index contributed by atoms with van der Waals surface area (Å²) >= 11 is 0. The molecule has 4 nitrogen and oxygen atoms in total. The van der Waals surface area contributed by atoms with Crippen LogP contribution in [0.3, 0.4) is 0 Å². The average molecular weight is 277 g/mol. The van der Waals surface area contributed by atoms with E-state index in [9.17, 15) is 4.79 Å². The molecule has 104 valence electrons. The van der Waals surface area contributed by atoms with E-state index in [0.29, 0.717) is 17.8 Å². The van der Waals surface area contributed by atoms with Crippen molar-refractivity contribution in [1.82, 2.24) is 4.98 Å². The molecule has 0 aliphatic carbocycles. The average Bonchev–Trinajstić information content (AvgIpc) is 2.53. The number of aryl methyl sites for hydroxylation is 2. The number of fused-ring (bicyclic) bond motifs is 1. The summed E-state index contributed by atoms with van der Waals surface area (Å²) in [6.07, 6.45) is 3.40. The first kappa shape index (κ1) is 13.3. The van der Waals surface area contributed by atoms with Crippen molar-refractivity contribution in [2.45, 2.75) is 19.8 Å². The van der Waals surface area contributed by atoms with Gasteiger partial charge in [0, 0.05) is 18.4 Å². The van der Waals surface area contributed by atoms with E-state index < -0.39 is 0 Å². The van der Waals surface area contributed by atoms with Crippen molar-refractivity contribution >= 4 is 11.6 Å². The first-order chi connectivity index (χ1) is 10.2. The fourth-order valence-corrected chi connectivity index (χ4v) is 2.66. The molecular weight excluding hydrogens is 262 g/mol. The van der Waals surface area contributed by atoms with E-state index in [0.717, 1.165) is 18.5 Å². The first-order valence-electron chi connectivity index (χ1n) is 6.96. The SMILES string of the molecule is Cc1ccc2c(c1)CCCN2C(=O)c1ccc(C#N)cn1. The van der Waals surface area contributed by atoms with Crippen LogP contribution in [0.2, 0.25) is 0 Å². The number of benzene rings is 1. The summed E-state index contributed by atoms with van der Waals surface area (Å²) in [7, 11) is 0. The zero-order chi connectivity index (χ0) is 14.8. The van der Waals surface area contributed by atoms with E-state index in [1.54, 1.807) is 17.0 Å². The Balaban J connectivity index is 1.94. The topological polar surface area (TPSA) is 57.0 Å². The minimum Gasteiger partial charge on any atom is -0.307 e. The van der Waals surface area contributed by atoms with Crippen LogP contribution >= 0.6 is 0 Å². The molecule has 1 aliphatic rings. The number of carbonyl (C=O) groups is 1. The van der Waals surface area contributed by atoms with Crippen molar-refractivity contribution < 1.29 is 4.79 Å². The van der Waals surface area contributed by atoms with Crippen LogP contribution in [-0.4, -0.2) is 17.4 Å². The van der Waals surface area contributed by atoms with Crippen LogP contribution in [0.1, 0.15) is 33.6 Å². The highest BCUT2D eigenvalue weighted by atomic mass is 16.2. The van der Waals surface area contributed by atoms with Crippen molar-refractivity contribution in [2.75, 3.05) is 11.4 Å². The van der Waals surface area contributed by atoms with Gasteiger partial charge in [-0.25, -0.2) is 4.98 Å². The van der Waals surface area contributed by atoms with Crippen LogP contribution in [0, 0.1) is 18.3 Å². The molecule has 21 heavy (non-hydrogen) atoms. The number of anilines is 1. The van der Waals surface area contributed by atoms with Gasteiger partial charge in [0.05, 0.1) is 5.56 Å². The molecule has 2 aromatic rings. The third-order valence-corrected chi connectivity index (χ3v) is 3.71. The van der Waals surface area contributed by atoms with Crippen LogP contribution < -0.4 is 4.90 Å². The Morgan fingerprint density at radius 3 is 2.90 bits per heavy atom. The Kier molecular flexibility index (Phi) is 3.41. The first-order valence-corrected chi connectivity index (χ1v) is 6.96. The smallest absolute Gasteiger partial charge is 0.276 e. The summed E-state index contributed by atoms with van der Waals surface area (Å²) in [5.41, 5.74) is 4.23. The molecule has 1 aromatic carbocycles. The molecule has 2 heterocycles. The standard InChI is InChI=1S/C17H15N3O/c1-12-4-7-16-14(9-12)3-2-8-20(16)17(21)15-6-5-13(10-18)11-19-15/h4-7,9,11H,2-3,8H2,1H3. The Hall–Kier alpha value is -2.67. The number of hydrogen-bond donors (Lipinski definition) is 0. The van der Waals surface area contributed by atoms with Crippen LogP contribution in [0.25, 0.3) is 0 Å². The second-order valence-corrected chi connectivity index (χ2v) is 5.24. The minimum atomic E-state index is -0.107. The monoisotopic (exact) mass is 277 g/mol. The number of carbonyl (C=O) groups excluding carboxylic acids is 1. The van der Waals surface area contributed by atoms with Gasteiger partial charge < -0.3 is 4.90 Å². The van der Waals surface area contributed by atoms with E-state index in [1.165, 1.54) is 17.3 Å². The highest BCUT2D eigenvalue weighted by Gasteiger charge is 2.24. The highest BCUT2D eigenvalue weighted by molar-refractivity contribution is 6.05. The molecule has 0 saturated carbocycles. The van der Waals surface area contributed by atoms with Crippen molar-refractivity contribution in [2.24, 2.45) is 0 Å². The molecule has 1 amide bonds. The number of aromatic nitrogens is 1. The van der Waals surface area contributed by atoms with Gasteiger partial charge in [-0.3, -0.25) is 4.79 Å². The molecule has 3 rings (SSSR count). The Bertz CT molecular complexity index is 729. The molecule has 1 aliphatic heterocycles. The van der Waals surface area contributed by atoms with Gasteiger partial charge in [-0.05, 0) is 43.5 Å². The molecular formula is C17H15N3O. The molecule has 0 bridgehead atoms. The van der Waals surface area contributed by atoms with Crippen LogP contribution in [0.4, 0.5) is 5.69 Å². The van der Waals surface area contributed by atoms with Crippen molar-refractivity contribution in [3.05, 3.63) is 58.9 Å². The molecule has 4 heteroatoms. The summed E-state index contributed by atoms with van der Waals surface area (Å²) in [6.45, 7) is 2.76. The second kappa shape index (κ2) is 5.37. The predicted molar refractivity (Wildman–Crippen MR) is 80.1 cm³/mol. The van der Waals surface area contributed by atoms with Gasteiger partial charge in [0.1, 0.15) is 11.8 Å². The lowest BCUT2D eigenvalue weighted by atomic mass is 9.99. The lowest BCUT2D eigenvalue weighted by molar-refractivity contribution is 0.0980. The maximum Gasteiger partial charge on any atom is 0.276 e. The van der Waals surface area contributed by atoms with Gasteiger partial charge in [0.25, 0.3) is 5.91 Å². The summed E-state index contributed by atoms with van der Waals surface area (Å²) in [5, 5.41) is 8.79. The van der Waals surface area contributed by atoms with Gasteiger partial charge in [0.15, 0.2) is 0 Å². The number of hydrogen-bond acceptors (Lipinski definition) is 3. The van der Waals surface area contributed by atoms with E-state index in [1.807, 2.05) is 18.2 Å². The fourth-order valence-electron chi connectivity index (χ4n) is 2.66. The van der Waals surface area contributed by atoms with Gasteiger partial charge >= 0.3 is 0 Å². The zero-order valence-electron chi connectivity index (χ0n) is 11.8. The lowest BCUT2D eigenvalue weighted by Crippen LogP contribution is -2.36. The van der Waals surface area contributed by atoms with E-state index in [4.69, 9.17) is 5.26 Å². The maximum absolute atomic E-state index is 12.6. The summed E-state index contributed by atoms with van der Waals surface area (Å²) in [6, 6.07) is 11.4. The Labute approximate surface area is 123 Å². The third kappa shape index (κ3) is 2.50. The quantitative estimate of drug-likeness (QED) is 0.805. The number of nitriles is 1. The van der Waals surface area contributed by atoms with Crippen molar-refractivity contribution in [3.63, 3.8) is 0 Å². The van der Waals surface area contributed by atoms with Crippen LogP contribution in [0.5, 0.6) is 0 Å². The number of amides is 1. The zero-order valence-corrected chi connectivity index (χ0v) is 11.8. The van der Waals surface area contributed by atoms with E-state index in [-0.39, 0.29) is 5.91 Å². The molecule has 0 fully saturated rings. The Morgan fingerprint density at radius 1 is 1.33 bits per heavy atom. The molecule has 0 spiro atoms. The summed E-state index contributed by atoms with van der Waals surface area (Å²) < 4.78 is 0. The normalized spacial score (nSPS) is 13.4. The van der Waals surface area contributed by atoms with E-state index in [2.05, 4.69) is 18.0 Å². The molecule has 0 N–H and O–H groups in total. The largest absolute Gasteiger partial charge is 0.307 e. The molecule has 0 atom stereocenters. The molecule has 1 aromatic heterocycles. The number of rotatable bonds is 1. The van der Waals surface area contributed by atoms with Crippen LogP contribution in [-0.2, 0) is 6.42 Å². The van der Waals surface area contributed by atoms with E-state index >= 15 is 0 Å². The lowest BCUT2D eigenvalue weighted by Gasteiger charge is -2.29. The highest BCUT2D eigenvalue weighted by Crippen LogP contribution is 2.29. The summed E-state index contributed by atoms with van der Waals surface area (Å²) in [5.74, 6) is -0.107. The number of nitrogens with zero attached hydrogens (tertiary/aromatic N) is 3. The van der Waals surface area contributed by atoms with Crippen molar-refractivity contribution in [1.29, 1.82) is 5.26 Å². The molecule has 0 saturated heterocycles.